The molecule has 3 rings (SSSR count). The summed E-state index contributed by atoms with van der Waals surface area (Å²) in [6.45, 7) is 0. The normalized spacial score (nSPS) is 10.6. The van der Waals surface area contributed by atoms with Crippen LogP contribution in [-0.4, -0.2) is 16.3 Å². The Labute approximate surface area is 102 Å². The molecule has 0 unspecified atom stereocenters. The first-order valence-electron chi connectivity index (χ1n) is 5.13. The van der Waals surface area contributed by atoms with Crippen LogP contribution in [0.5, 0.6) is 0 Å². The van der Waals surface area contributed by atoms with E-state index in [9.17, 15) is 4.79 Å². The van der Waals surface area contributed by atoms with E-state index in [0.29, 0.717) is 5.69 Å². The number of hydrogen-bond donors (Lipinski definition) is 0. The topological polar surface area (TPSA) is 42.9 Å². The largest absolute Gasteiger partial charge is 0.296 e. The van der Waals surface area contributed by atoms with Crippen LogP contribution in [0.4, 0.5) is 0 Å². The first kappa shape index (κ1) is 10.1. The van der Waals surface area contributed by atoms with Gasteiger partial charge in [0, 0.05) is 22.5 Å². The van der Waals surface area contributed by atoms with E-state index in [1.54, 1.807) is 11.6 Å². The molecule has 0 saturated carbocycles. The van der Waals surface area contributed by atoms with Crippen molar-refractivity contribution < 1.29 is 4.79 Å². The molecule has 17 heavy (non-hydrogen) atoms. The fourth-order valence-electron chi connectivity index (χ4n) is 1.75. The SMILES string of the molecule is O=Cc1csc(-c2ccnc3ccccc23)n1. The van der Waals surface area contributed by atoms with Gasteiger partial charge in [-0.2, -0.15) is 0 Å². The number of aldehydes is 1. The average Bonchev–Trinajstić information content (AvgIpc) is 2.87. The minimum atomic E-state index is 0.478. The Morgan fingerprint density at radius 2 is 2.06 bits per heavy atom. The number of nitrogens with zero attached hydrogens (tertiary/aromatic N) is 2. The second kappa shape index (κ2) is 4.07. The summed E-state index contributed by atoms with van der Waals surface area (Å²) in [5, 5.41) is 3.67. The van der Waals surface area contributed by atoms with Crippen molar-refractivity contribution in [2.24, 2.45) is 0 Å². The molecule has 0 spiro atoms. The van der Waals surface area contributed by atoms with Gasteiger partial charge in [-0.05, 0) is 12.1 Å². The smallest absolute Gasteiger partial charge is 0.169 e. The molecule has 3 aromatic rings. The maximum atomic E-state index is 10.6. The van der Waals surface area contributed by atoms with Gasteiger partial charge in [-0.3, -0.25) is 9.78 Å². The van der Waals surface area contributed by atoms with Crippen LogP contribution in [0.15, 0.2) is 41.9 Å². The maximum Gasteiger partial charge on any atom is 0.169 e. The summed E-state index contributed by atoms with van der Waals surface area (Å²) in [5.74, 6) is 0. The van der Waals surface area contributed by atoms with Gasteiger partial charge in [-0.1, -0.05) is 18.2 Å². The molecule has 4 heteroatoms. The molecule has 82 valence electrons. The average molecular weight is 240 g/mol. The molecular formula is C13H8N2OS. The monoisotopic (exact) mass is 240 g/mol. The third-order valence-electron chi connectivity index (χ3n) is 2.52. The van der Waals surface area contributed by atoms with Crippen LogP contribution in [0, 0.1) is 0 Å². The molecular weight excluding hydrogens is 232 g/mol. The van der Waals surface area contributed by atoms with Crippen molar-refractivity contribution in [2.75, 3.05) is 0 Å². The molecule has 0 radical (unpaired) electrons. The van der Waals surface area contributed by atoms with Crippen molar-refractivity contribution in [3.8, 4) is 10.6 Å². The van der Waals surface area contributed by atoms with Gasteiger partial charge in [0.2, 0.25) is 0 Å². The number of hydrogen-bond acceptors (Lipinski definition) is 4. The van der Waals surface area contributed by atoms with Crippen molar-refractivity contribution >= 4 is 28.5 Å². The standard InChI is InChI=1S/C13H8N2OS/c16-7-9-8-17-13(15-9)11-5-6-14-12-4-2-1-3-10(11)12/h1-8H. The highest BCUT2D eigenvalue weighted by molar-refractivity contribution is 7.13. The quantitative estimate of drug-likeness (QED) is 0.646. The summed E-state index contributed by atoms with van der Waals surface area (Å²) < 4.78 is 0. The van der Waals surface area contributed by atoms with Crippen molar-refractivity contribution in [2.45, 2.75) is 0 Å². The van der Waals surface area contributed by atoms with E-state index < -0.39 is 0 Å². The van der Waals surface area contributed by atoms with Crippen LogP contribution in [0.3, 0.4) is 0 Å². The van der Waals surface area contributed by atoms with E-state index in [1.807, 2.05) is 30.3 Å². The number of carbonyl (C=O) groups is 1. The molecule has 0 saturated heterocycles. The van der Waals surface area contributed by atoms with Gasteiger partial charge in [-0.25, -0.2) is 4.98 Å². The summed E-state index contributed by atoms with van der Waals surface area (Å²) >= 11 is 1.47. The lowest BCUT2D eigenvalue weighted by molar-refractivity contribution is 0.111. The first-order chi connectivity index (χ1) is 8.38. The predicted octanol–water partition coefficient (Wildman–Crippen LogP) is 3.17. The zero-order valence-electron chi connectivity index (χ0n) is 8.83. The van der Waals surface area contributed by atoms with Gasteiger partial charge in [-0.15, -0.1) is 11.3 Å². The number of pyridine rings is 1. The fourth-order valence-corrected chi connectivity index (χ4v) is 2.55. The minimum Gasteiger partial charge on any atom is -0.296 e. The van der Waals surface area contributed by atoms with Gasteiger partial charge in [0.15, 0.2) is 6.29 Å². The first-order valence-corrected chi connectivity index (χ1v) is 6.01. The highest BCUT2D eigenvalue weighted by Crippen LogP contribution is 2.29. The summed E-state index contributed by atoms with van der Waals surface area (Å²) in [6.07, 6.45) is 2.53. The Balaban J connectivity index is 2.26. The molecule has 0 N–H and O–H groups in total. The fraction of sp³-hybridized carbons (Fsp3) is 0. The van der Waals surface area contributed by atoms with Crippen LogP contribution in [0.2, 0.25) is 0 Å². The molecule has 0 atom stereocenters. The Bertz CT molecular complexity index is 685. The zero-order valence-corrected chi connectivity index (χ0v) is 9.65. The summed E-state index contributed by atoms with van der Waals surface area (Å²) in [7, 11) is 0. The van der Waals surface area contributed by atoms with Gasteiger partial charge in [0.25, 0.3) is 0 Å². The van der Waals surface area contributed by atoms with Gasteiger partial charge in [0.05, 0.1) is 5.52 Å². The van der Waals surface area contributed by atoms with Gasteiger partial charge < -0.3 is 0 Å². The Hall–Kier alpha value is -2.07. The second-order valence-electron chi connectivity index (χ2n) is 3.57. The van der Waals surface area contributed by atoms with E-state index in [0.717, 1.165) is 27.8 Å². The van der Waals surface area contributed by atoms with E-state index in [1.165, 1.54) is 11.3 Å². The third kappa shape index (κ3) is 1.72. The minimum absolute atomic E-state index is 0.478. The maximum absolute atomic E-state index is 10.6. The molecule has 3 nitrogen and oxygen atoms in total. The lowest BCUT2D eigenvalue weighted by Crippen LogP contribution is -1.84. The highest BCUT2D eigenvalue weighted by Gasteiger charge is 2.08. The lowest BCUT2D eigenvalue weighted by atomic mass is 10.1. The van der Waals surface area contributed by atoms with Crippen molar-refractivity contribution in [1.29, 1.82) is 0 Å². The third-order valence-corrected chi connectivity index (χ3v) is 3.42. The summed E-state index contributed by atoms with van der Waals surface area (Å²) in [5.41, 5.74) is 2.44. The van der Waals surface area contributed by atoms with Crippen molar-refractivity contribution in [3.63, 3.8) is 0 Å². The van der Waals surface area contributed by atoms with Crippen LogP contribution < -0.4 is 0 Å². The number of fused-ring (bicyclic) bond motifs is 1. The van der Waals surface area contributed by atoms with Gasteiger partial charge >= 0.3 is 0 Å². The Morgan fingerprint density at radius 3 is 2.88 bits per heavy atom. The molecule has 0 aliphatic heterocycles. The summed E-state index contributed by atoms with van der Waals surface area (Å²) in [6, 6.07) is 9.84. The van der Waals surface area contributed by atoms with Crippen molar-refractivity contribution in [1.82, 2.24) is 9.97 Å². The summed E-state index contributed by atoms with van der Waals surface area (Å²) in [4.78, 5) is 19.2. The molecule has 0 fully saturated rings. The van der Waals surface area contributed by atoms with E-state index >= 15 is 0 Å². The number of para-hydroxylation sites is 1. The van der Waals surface area contributed by atoms with Crippen LogP contribution in [0.1, 0.15) is 10.5 Å². The molecule has 0 amide bonds. The van der Waals surface area contributed by atoms with E-state index in [4.69, 9.17) is 0 Å². The number of aromatic nitrogens is 2. The van der Waals surface area contributed by atoms with Gasteiger partial charge in [0.1, 0.15) is 10.7 Å². The molecule has 2 heterocycles. The van der Waals surface area contributed by atoms with E-state index in [-0.39, 0.29) is 0 Å². The number of thiazole rings is 1. The van der Waals surface area contributed by atoms with E-state index in [2.05, 4.69) is 9.97 Å². The van der Waals surface area contributed by atoms with Crippen LogP contribution >= 0.6 is 11.3 Å². The van der Waals surface area contributed by atoms with Crippen LogP contribution in [-0.2, 0) is 0 Å². The molecule has 2 aromatic heterocycles. The van der Waals surface area contributed by atoms with Crippen LogP contribution in [0.25, 0.3) is 21.5 Å². The lowest BCUT2D eigenvalue weighted by Gasteiger charge is -2.01. The number of carbonyl (C=O) groups excluding carboxylic acids is 1. The molecule has 0 aliphatic carbocycles. The second-order valence-corrected chi connectivity index (χ2v) is 4.43. The van der Waals surface area contributed by atoms with Crippen molar-refractivity contribution in [3.05, 3.63) is 47.6 Å². The zero-order chi connectivity index (χ0) is 11.7. The molecule has 1 aromatic carbocycles. The molecule has 0 bridgehead atoms. The number of rotatable bonds is 2. The number of benzene rings is 1. The Morgan fingerprint density at radius 1 is 1.18 bits per heavy atom. The predicted molar refractivity (Wildman–Crippen MR) is 68.2 cm³/mol. The Kier molecular flexibility index (Phi) is 2.42. The highest BCUT2D eigenvalue weighted by atomic mass is 32.1. The molecule has 0 aliphatic rings.